The Bertz CT molecular complexity index is 1720. The molecule has 2 N–H and O–H groups in total. The molecule has 0 saturated carbocycles. The number of hydrogen-bond donors (Lipinski definition) is 2. The highest BCUT2D eigenvalue weighted by Crippen LogP contribution is 2.30. The zero-order valence-corrected chi connectivity index (χ0v) is 25.7. The Hall–Kier alpha value is -4.78. The van der Waals surface area contributed by atoms with E-state index in [1.54, 1.807) is 18.3 Å². The molecular formula is C37H41FN6. The smallest absolute Gasteiger partial charge is 0.146 e. The predicted octanol–water partition coefficient (Wildman–Crippen LogP) is 8.41. The average Bonchev–Trinajstić information content (AvgIpc) is 3.49. The van der Waals surface area contributed by atoms with Gasteiger partial charge in [-0.25, -0.2) is 19.0 Å². The van der Waals surface area contributed by atoms with Crippen molar-refractivity contribution in [2.75, 3.05) is 11.9 Å². The minimum absolute atomic E-state index is 0.336. The standard InChI is InChI=1S/C37H41FN6/c1-5-8-9-27(16-18-39-7-3)20-30-23-33-36(24-29(30)6-2)40-25-41-37(33)42-35-15-12-28(22-34(35)38)21-31-17-19-44(43-31)32-13-10-26(4)11-14-32/h5,7,10-15,17,19,22-25,27,39H,1,3,6,8-9,16,18,20-21H2,2,4H3,(H,40,41,42). The van der Waals surface area contributed by atoms with Crippen LogP contribution in [0.2, 0.25) is 0 Å². The predicted molar refractivity (Wildman–Crippen MR) is 179 cm³/mol. The van der Waals surface area contributed by atoms with Crippen LogP contribution in [0, 0.1) is 18.7 Å². The molecule has 2 aromatic heterocycles. The summed E-state index contributed by atoms with van der Waals surface area (Å²) >= 11 is 0. The second-order valence-electron chi connectivity index (χ2n) is 11.3. The van der Waals surface area contributed by atoms with Crippen LogP contribution in [0.3, 0.4) is 0 Å². The molecule has 0 fully saturated rings. The van der Waals surface area contributed by atoms with Crippen molar-refractivity contribution in [1.29, 1.82) is 0 Å². The zero-order chi connectivity index (χ0) is 30.9. The molecule has 226 valence electrons. The molecule has 0 aliphatic rings. The van der Waals surface area contributed by atoms with Gasteiger partial charge in [0.15, 0.2) is 0 Å². The van der Waals surface area contributed by atoms with Crippen LogP contribution in [-0.2, 0) is 19.3 Å². The molecule has 1 unspecified atom stereocenters. The van der Waals surface area contributed by atoms with E-state index in [4.69, 9.17) is 0 Å². The maximum absolute atomic E-state index is 15.4. The summed E-state index contributed by atoms with van der Waals surface area (Å²) in [6.45, 7) is 12.8. The second kappa shape index (κ2) is 14.6. The highest BCUT2D eigenvalue weighted by molar-refractivity contribution is 5.91. The lowest BCUT2D eigenvalue weighted by molar-refractivity contribution is 0.446. The quantitative estimate of drug-likeness (QED) is 0.0949. The van der Waals surface area contributed by atoms with Crippen molar-refractivity contribution in [1.82, 2.24) is 25.1 Å². The number of aromatic nitrogens is 4. The van der Waals surface area contributed by atoms with Crippen LogP contribution >= 0.6 is 0 Å². The normalized spacial score (nSPS) is 11.8. The summed E-state index contributed by atoms with van der Waals surface area (Å²) < 4.78 is 17.3. The third-order valence-corrected chi connectivity index (χ3v) is 8.08. The Kier molecular flexibility index (Phi) is 10.2. The number of nitrogens with one attached hydrogen (secondary N) is 2. The number of benzene rings is 3. The van der Waals surface area contributed by atoms with E-state index in [0.29, 0.717) is 23.8 Å². The van der Waals surface area contributed by atoms with Gasteiger partial charge in [-0.1, -0.05) is 43.3 Å². The van der Waals surface area contributed by atoms with Gasteiger partial charge in [-0.2, -0.15) is 5.10 Å². The molecule has 3 aromatic carbocycles. The van der Waals surface area contributed by atoms with Crippen molar-refractivity contribution in [3.8, 4) is 5.69 Å². The molecule has 2 heterocycles. The van der Waals surface area contributed by atoms with Gasteiger partial charge in [0.05, 0.1) is 22.6 Å². The third kappa shape index (κ3) is 7.59. The summed E-state index contributed by atoms with van der Waals surface area (Å²) in [4.78, 5) is 9.07. The first-order valence-corrected chi connectivity index (χ1v) is 15.4. The molecule has 0 aliphatic heterocycles. The van der Waals surface area contributed by atoms with Gasteiger partial charge in [-0.05, 0) is 110 Å². The minimum atomic E-state index is -0.336. The van der Waals surface area contributed by atoms with E-state index < -0.39 is 0 Å². The van der Waals surface area contributed by atoms with Crippen LogP contribution in [0.4, 0.5) is 15.9 Å². The van der Waals surface area contributed by atoms with Crippen molar-refractivity contribution in [3.05, 3.63) is 132 Å². The van der Waals surface area contributed by atoms with Crippen LogP contribution in [-0.4, -0.2) is 26.3 Å². The van der Waals surface area contributed by atoms with Crippen molar-refractivity contribution >= 4 is 22.4 Å². The summed E-state index contributed by atoms with van der Waals surface area (Å²) in [5.74, 6) is 0.757. The van der Waals surface area contributed by atoms with E-state index in [-0.39, 0.29) is 5.82 Å². The Morgan fingerprint density at radius 3 is 2.57 bits per heavy atom. The van der Waals surface area contributed by atoms with E-state index in [2.05, 4.69) is 77.0 Å². The van der Waals surface area contributed by atoms with Gasteiger partial charge in [-0.15, -0.1) is 6.58 Å². The maximum atomic E-state index is 15.4. The van der Waals surface area contributed by atoms with E-state index in [1.807, 2.05) is 41.2 Å². The molecule has 5 rings (SSSR count). The third-order valence-electron chi connectivity index (χ3n) is 8.08. The summed E-state index contributed by atoms with van der Waals surface area (Å²) in [5, 5.41) is 12.1. The monoisotopic (exact) mass is 588 g/mol. The summed E-state index contributed by atoms with van der Waals surface area (Å²) in [7, 11) is 0. The summed E-state index contributed by atoms with van der Waals surface area (Å²) in [6.07, 6.45) is 12.7. The van der Waals surface area contributed by atoms with Crippen molar-refractivity contribution in [2.45, 2.75) is 52.4 Å². The highest BCUT2D eigenvalue weighted by atomic mass is 19.1. The van der Waals surface area contributed by atoms with E-state index >= 15 is 4.39 Å². The fourth-order valence-corrected chi connectivity index (χ4v) is 5.62. The molecule has 0 aliphatic carbocycles. The van der Waals surface area contributed by atoms with Gasteiger partial charge in [0.1, 0.15) is 18.0 Å². The molecule has 44 heavy (non-hydrogen) atoms. The van der Waals surface area contributed by atoms with Gasteiger partial charge in [0.2, 0.25) is 0 Å². The molecule has 0 bridgehead atoms. The molecule has 0 radical (unpaired) electrons. The highest BCUT2D eigenvalue weighted by Gasteiger charge is 2.16. The maximum Gasteiger partial charge on any atom is 0.146 e. The number of anilines is 2. The number of allylic oxidation sites excluding steroid dienone is 1. The van der Waals surface area contributed by atoms with Crippen LogP contribution in [0.15, 0.2) is 98.6 Å². The SMILES string of the molecule is C=CCCC(CCNC=C)Cc1cc2c(Nc3ccc(Cc4ccn(-c5ccc(C)cc5)n4)cc3F)ncnc2cc1CC. The van der Waals surface area contributed by atoms with E-state index in [0.717, 1.165) is 66.5 Å². The van der Waals surface area contributed by atoms with Crippen molar-refractivity contribution in [2.24, 2.45) is 5.92 Å². The van der Waals surface area contributed by atoms with Gasteiger partial charge < -0.3 is 10.6 Å². The molecule has 5 aromatic rings. The van der Waals surface area contributed by atoms with Gasteiger partial charge in [0.25, 0.3) is 0 Å². The molecule has 0 saturated heterocycles. The van der Waals surface area contributed by atoms with Crippen molar-refractivity contribution in [3.63, 3.8) is 0 Å². The zero-order valence-electron chi connectivity index (χ0n) is 25.7. The van der Waals surface area contributed by atoms with Gasteiger partial charge in [-0.3, -0.25) is 0 Å². The van der Waals surface area contributed by atoms with Crippen molar-refractivity contribution < 1.29 is 4.39 Å². The fraction of sp³-hybridized carbons (Fsp3) is 0.270. The topological polar surface area (TPSA) is 67.7 Å². The number of aryl methyl sites for hydroxylation is 2. The number of hydrogen-bond acceptors (Lipinski definition) is 5. The summed E-state index contributed by atoms with van der Waals surface area (Å²) in [5.41, 5.74) is 7.70. The number of nitrogens with zero attached hydrogens (tertiary/aromatic N) is 4. The second-order valence-corrected chi connectivity index (χ2v) is 11.3. The van der Waals surface area contributed by atoms with E-state index in [1.165, 1.54) is 23.0 Å². The molecular weight excluding hydrogens is 547 g/mol. The Morgan fingerprint density at radius 1 is 0.977 bits per heavy atom. The van der Waals surface area contributed by atoms with Crippen LogP contribution < -0.4 is 10.6 Å². The first-order valence-electron chi connectivity index (χ1n) is 15.4. The fourth-order valence-electron chi connectivity index (χ4n) is 5.62. The van der Waals surface area contributed by atoms with E-state index in [9.17, 15) is 0 Å². The molecule has 7 heteroatoms. The first kappa shape index (κ1) is 30.7. The van der Waals surface area contributed by atoms with Crippen LogP contribution in [0.5, 0.6) is 0 Å². The first-order chi connectivity index (χ1) is 21.5. The largest absolute Gasteiger partial charge is 0.391 e. The average molecular weight is 589 g/mol. The molecule has 0 amide bonds. The van der Waals surface area contributed by atoms with Gasteiger partial charge >= 0.3 is 0 Å². The number of rotatable bonds is 15. The lowest BCUT2D eigenvalue weighted by Gasteiger charge is -2.19. The minimum Gasteiger partial charge on any atom is -0.391 e. The molecule has 6 nitrogen and oxygen atoms in total. The summed E-state index contributed by atoms with van der Waals surface area (Å²) in [6, 6.07) is 19.8. The molecule has 0 spiro atoms. The Balaban J connectivity index is 1.35. The van der Waals surface area contributed by atoms with Gasteiger partial charge in [0, 0.05) is 24.5 Å². The number of halogens is 1. The van der Waals surface area contributed by atoms with Crippen LogP contribution in [0.1, 0.15) is 54.1 Å². The lowest BCUT2D eigenvalue weighted by atomic mass is 9.88. The number of fused-ring (bicyclic) bond motifs is 1. The molecule has 1 atom stereocenters. The Labute approximate surface area is 259 Å². The Morgan fingerprint density at radius 2 is 1.82 bits per heavy atom. The lowest BCUT2D eigenvalue weighted by Crippen LogP contribution is -2.15. The van der Waals surface area contributed by atoms with Crippen LogP contribution in [0.25, 0.3) is 16.6 Å².